The fourth-order valence-electron chi connectivity index (χ4n) is 2.86. The quantitative estimate of drug-likeness (QED) is 0.563. The van der Waals surface area contributed by atoms with Gasteiger partial charge in [-0.15, -0.1) is 11.3 Å². The van der Waals surface area contributed by atoms with Crippen LogP contribution in [-0.4, -0.2) is 21.0 Å². The third kappa shape index (κ3) is 3.61. The highest BCUT2D eigenvalue weighted by Crippen LogP contribution is 2.34. The van der Waals surface area contributed by atoms with E-state index in [1.807, 2.05) is 43.5 Å². The van der Waals surface area contributed by atoms with Gasteiger partial charge in [-0.1, -0.05) is 23.8 Å². The minimum Gasteiger partial charge on any atom is -0.444 e. The van der Waals surface area contributed by atoms with Crippen LogP contribution in [0, 0.1) is 13.8 Å². The summed E-state index contributed by atoms with van der Waals surface area (Å²) in [5, 5.41) is 1.64. The number of nitrogens with zero attached hydrogens (tertiary/aromatic N) is 2. The summed E-state index contributed by atoms with van der Waals surface area (Å²) in [7, 11) is 0. The molecule has 2 aromatic heterocycles. The predicted octanol–water partition coefficient (Wildman–Crippen LogP) is 5.26. The van der Waals surface area contributed by atoms with E-state index in [4.69, 9.17) is 4.42 Å². The van der Waals surface area contributed by atoms with Gasteiger partial charge in [0.25, 0.3) is 11.1 Å². The van der Waals surface area contributed by atoms with E-state index in [0.717, 1.165) is 27.8 Å². The van der Waals surface area contributed by atoms with Crippen molar-refractivity contribution in [1.82, 2.24) is 9.88 Å². The van der Waals surface area contributed by atoms with Crippen molar-refractivity contribution < 1.29 is 14.0 Å². The molecular formula is C20H16N2O3S2. The molecule has 0 N–H and O–H groups in total. The van der Waals surface area contributed by atoms with E-state index < -0.39 is 0 Å². The Bertz CT molecular complexity index is 1050. The monoisotopic (exact) mass is 396 g/mol. The molecule has 1 aliphatic heterocycles. The van der Waals surface area contributed by atoms with Crippen LogP contribution in [0.1, 0.15) is 21.7 Å². The highest BCUT2D eigenvalue weighted by atomic mass is 32.2. The van der Waals surface area contributed by atoms with Crippen molar-refractivity contribution in [1.29, 1.82) is 0 Å². The Labute approximate surface area is 164 Å². The third-order valence-corrected chi connectivity index (χ3v) is 5.90. The molecule has 0 unspecified atom stereocenters. The molecular weight excluding hydrogens is 380 g/mol. The van der Waals surface area contributed by atoms with E-state index in [9.17, 15) is 9.59 Å². The van der Waals surface area contributed by atoms with Crippen molar-refractivity contribution in [2.24, 2.45) is 0 Å². The van der Waals surface area contributed by atoms with Gasteiger partial charge in [0, 0.05) is 10.4 Å². The first-order valence-electron chi connectivity index (χ1n) is 8.32. The maximum absolute atomic E-state index is 12.6. The zero-order valence-electron chi connectivity index (χ0n) is 14.8. The summed E-state index contributed by atoms with van der Waals surface area (Å²) in [6.45, 7) is 4.13. The van der Waals surface area contributed by atoms with Crippen LogP contribution in [0.4, 0.5) is 4.79 Å². The van der Waals surface area contributed by atoms with Crippen LogP contribution in [0.2, 0.25) is 0 Å². The number of imide groups is 1. The highest BCUT2D eigenvalue weighted by Gasteiger charge is 2.35. The fourth-order valence-corrected chi connectivity index (χ4v) is 4.42. The number of carbonyl (C=O) groups excluding carboxylic acids is 2. The average molecular weight is 396 g/mol. The Morgan fingerprint density at radius 1 is 1.22 bits per heavy atom. The van der Waals surface area contributed by atoms with Gasteiger partial charge in [-0.25, -0.2) is 4.98 Å². The molecule has 1 saturated heterocycles. The van der Waals surface area contributed by atoms with Crippen molar-refractivity contribution in [3.05, 3.63) is 68.6 Å². The van der Waals surface area contributed by atoms with Gasteiger partial charge in [0.2, 0.25) is 5.89 Å². The molecule has 2 amide bonds. The van der Waals surface area contributed by atoms with Gasteiger partial charge >= 0.3 is 0 Å². The summed E-state index contributed by atoms with van der Waals surface area (Å²) < 4.78 is 5.58. The Morgan fingerprint density at radius 3 is 2.81 bits per heavy atom. The van der Waals surface area contributed by atoms with Gasteiger partial charge in [-0.05, 0) is 54.8 Å². The molecule has 5 nitrogen and oxygen atoms in total. The number of hydrogen-bond donors (Lipinski definition) is 0. The molecule has 1 aromatic carbocycles. The summed E-state index contributed by atoms with van der Waals surface area (Å²) in [6, 6.07) is 9.84. The number of rotatable bonds is 4. The van der Waals surface area contributed by atoms with Crippen LogP contribution < -0.4 is 0 Å². The first-order valence-corrected chi connectivity index (χ1v) is 10.0. The molecule has 0 aliphatic carbocycles. The minimum absolute atomic E-state index is 0.0981. The van der Waals surface area contributed by atoms with Crippen molar-refractivity contribution in [2.45, 2.75) is 20.4 Å². The molecule has 3 heterocycles. The number of aryl methyl sites for hydroxylation is 2. The largest absolute Gasteiger partial charge is 0.444 e. The standard InChI is InChI=1S/C20H16N2O3S2/c1-12-5-6-16(13(2)8-12)18-21-14(11-25-18)10-22-19(23)17(27-20(22)24)9-15-4-3-7-26-15/h3-9,11H,10H2,1-2H3/b17-9+. The lowest BCUT2D eigenvalue weighted by molar-refractivity contribution is -0.123. The fraction of sp³-hybridized carbons (Fsp3) is 0.150. The Kier molecular flexibility index (Phi) is 4.72. The molecule has 1 fully saturated rings. The molecule has 0 bridgehead atoms. The van der Waals surface area contributed by atoms with Gasteiger partial charge in [0.05, 0.1) is 17.1 Å². The Morgan fingerprint density at radius 2 is 2.07 bits per heavy atom. The lowest BCUT2D eigenvalue weighted by atomic mass is 10.1. The highest BCUT2D eigenvalue weighted by molar-refractivity contribution is 8.18. The van der Waals surface area contributed by atoms with E-state index in [1.54, 1.807) is 6.08 Å². The number of carbonyl (C=O) groups is 2. The van der Waals surface area contributed by atoms with E-state index >= 15 is 0 Å². The summed E-state index contributed by atoms with van der Waals surface area (Å²) in [5.41, 5.74) is 3.68. The lowest BCUT2D eigenvalue weighted by Gasteiger charge is -2.09. The van der Waals surface area contributed by atoms with E-state index in [2.05, 4.69) is 11.1 Å². The minimum atomic E-state index is -0.297. The average Bonchev–Trinajstić information content (AvgIpc) is 3.34. The number of hydrogen-bond acceptors (Lipinski definition) is 6. The topological polar surface area (TPSA) is 63.4 Å². The molecule has 3 aromatic rings. The maximum atomic E-state index is 12.6. The van der Waals surface area contributed by atoms with Crippen LogP contribution in [0.25, 0.3) is 17.5 Å². The third-order valence-electron chi connectivity index (χ3n) is 4.17. The van der Waals surface area contributed by atoms with Gasteiger partial charge in [0.15, 0.2) is 0 Å². The molecule has 136 valence electrons. The zero-order chi connectivity index (χ0) is 19.0. The van der Waals surface area contributed by atoms with E-state index in [-0.39, 0.29) is 17.7 Å². The van der Waals surface area contributed by atoms with Crippen LogP contribution >= 0.6 is 23.1 Å². The first kappa shape index (κ1) is 17.8. The van der Waals surface area contributed by atoms with Crippen molar-refractivity contribution in [3.8, 4) is 11.5 Å². The Hall–Kier alpha value is -2.64. The van der Waals surface area contributed by atoms with Crippen molar-refractivity contribution in [3.63, 3.8) is 0 Å². The molecule has 0 radical (unpaired) electrons. The number of oxazole rings is 1. The van der Waals surface area contributed by atoms with Crippen LogP contribution in [0.15, 0.2) is 51.3 Å². The second-order valence-corrected chi connectivity index (χ2v) is 8.22. The molecule has 27 heavy (non-hydrogen) atoms. The van der Waals surface area contributed by atoms with Crippen molar-refractivity contribution >= 4 is 40.3 Å². The number of benzene rings is 1. The smallest absolute Gasteiger partial charge is 0.293 e. The SMILES string of the molecule is Cc1ccc(-c2nc(CN3C(=O)S/C(=C/c4cccs4)C3=O)co2)c(C)c1. The van der Waals surface area contributed by atoms with Crippen LogP contribution in [0.3, 0.4) is 0 Å². The number of thioether (sulfide) groups is 1. The number of amides is 2. The van der Waals surface area contributed by atoms with Gasteiger partial charge in [0.1, 0.15) is 6.26 Å². The molecule has 0 spiro atoms. The molecule has 0 atom stereocenters. The van der Waals surface area contributed by atoms with E-state index in [1.165, 1.54) is 28.1 Å². The number of aromatic nitrogens is 1. The van der Waals surface area contributed by atoms with Crippen LogP contribution in [0.5, 0.6) is 0 Å². The second kappa shape index (κ2) is 7.17. The summed E-state index contributed by atoms with van der Waals surface area (Å²) >= 11 is 2.48. The Balaban J connectivity index is 1.54. The summed E-state index contributed by atoms with van der Waals surface area (Å²) in [4.78, 5) is 31.9. The van der Waals surface area contributed by atoms with Gasteiger partial charge in [-0.2, -0.15) is 0 Å². The normalized spacial score (nSPS) is 15.9. The lowest BCUT2D eigenvalue weighted by Crippen LogP contribution is -2.27. The predicted molar refractivity (Wildman–Crippen MR) is 107 cm³/mol. The zero-order valence-corrected chi connectivity index (χ0v) is 16.4. The first-order chi connectivity index (χ1) is 13.0. The second-order valence-electron chi connectivity index (χ2n) is 6.25. The summed E-state index contributed by atoms with van der Waals surface area (Å²) in [6.07, 6.45) is 3.25. The van der Waals surface area contributed by atoms with Gasteiger partial charge < -0.3 is 4.42 Å². The van der Waals surface area contributed by atoms with Gasteiger partial charge in [-0.3, -0.25) is 14.5 Å². The van der Waals surface area contributed by atoms with Crippen LogP contribution in [-0.2, 0) is 11.3 Å². The molecule has 0 saturated carbocycles. The number of thiophene rings is 1. The summed E-state index contributed by atoms with van der Waals surface area (Å²) in [5.74, 6) is 0.193. The molecule has 4 rings (SSSR count). The molecule has 7 heteroatoms. The maximum Gasteiger partial charge on any atom is 0.293 e. The van der Waals surface area contributed by atoms with E-state index in [0.29, 0.717) is 16.5 Å². The molecule has 1 aliphatic rings. The van der Waals surface area contributed by atoms with Crippen molar-refractivity contribution in [2.75, 3.05) is 0 Å².